The van der Waals surface area contributed by atoms with Crippen LogP contribution in [0.3, 0.4) is 0 Å². The SMILES string of the molecule is CCC[11C](=O)O[C@]12C(C3C=C(CO)C[C@]4(O)C(=O)C(C)=CC4[C@@]3(O)[C@H](C)[C@H]1O)C2(C)C. The Hall–Kier alpha value is -1.54. The molecular formula is C24H34O7. The van der Waals surface area contributed by atoms with Gasteiger partial charge in [-0.15, -0.1) is 0 Å². The number of carbonyl (C=O) groups excluding carboxylic acids is 2. The van der Waals surface area contributed by atoms with Gasteiger partial charge in [0.05, 0.1) is 18.3 Å². The maximum atomic E-state index is 12.9. The molecule has 0 aromatic heterocycles. The molecule has 0 spiro atoms. The van der Waals surface area contributed by atoms with Crippen LogP contribution in [0.2, 0.25) is 0 Å². The first-order chi connectivity index (χ1) is 14.3. The number of hydrogen-bond donors (Lipinski definition) is 4. The van der Waals surface area contributed by atoms with Crippen LogP contribution < -0.4 is 0 Å². The minimum absolute atomic E-state index is 0.0851. The smallest absolute Gasteiger partial charge is 0.306 e. The van der Waals surface area contributed by atoms with E-state index in [9.17, 15) is 30.0 Å². The predicted molar refractivity (Wildman–Crippen MR) is 112 cm³/mol. The zero-order valence-corrected chi connectivity index (χ0v) is 18.9. The van der Waals surface area contributed by atoms with E-state index in [1.54, 1.807) is 26.0 Å². The molecule has 2 saturated carbocycles. The minimum Gasteiger partial charge on any atom is -0.455 e. The summed E-state index contributed by atoms with van der Waals surface area (Å²) in [5.74, 6) is -3.64. The van der Waals surface area contributed by atoms with Gasteiger partial charge < -0.3 is 25.2 Å². The predicted octanol–water partition coefficient (Wildman–Crippen LogP) is 1.28. The van der Waals surface area contributed by atoms with Crippen molar-refractivity contribution in [2.24, 2.45) is 29.1 Å². The molecule has 2 fully saturated rings. The van der Waals surface area contributed by atoms with Gasteiger partial charge in [-0.05, 0) is 24.5 Å². The van der Waals surface area contributed by atoms with Crippen molar-refractivity contribution in [1.82, 2.24) is 0 Å². The largest absolute Gasteiger partial charge is 0.455 e. The molecule has 0 radical (unpaired) electrons. The lowest BCUT2D eigenvalue weighted by Crippen LogP contribution is -2.65. The van der Waals surface area contributed by atoms with Crippen LogP contribution in [0.4, 0.5) is 0 Å². The van der Waals surface area contributed by atoms with E-state index >= 15 is 0 Å². The lowest BCUT2D eigenvalue weighted by molar-refractivity contribution is -0.219. The lowest BCUT2D eigenvalue weighted by atomic mass is 9.59. The van der Waals surface area contributed by atoms with Crippen LogP contribution in [0, 0.1) is 29.1 Å². The molecule has 0 aliphatic heterocycles. The Morgan fingerprint density at radius 2 is 1.90 bits per heavy atom. The number of carbonyl (C=O) groups is 2. The Morgan fingerprint density at radius 1 is 1.26 bits per heavy atom. The number of rotatable bonds is 4. The van der Waals surface area contributed by atoms with Gasteiger partial charge in [0.25, 0.3) is 0 Å². The van der Waals surface area contributed by atoms with Gasteiger partial charge in [0.15, 0.2) is 5.78 Å². The third-order valence-corrected chi connectivity index (χ3v) is 8.73. The van der Waals surface area contributed by atoms with Crippen molar-refractivity contribution in [1.29, 1.82) is 0 Å². The molecule has 4 N–H and O–H groups in total. The van der Waals surface area contributed by atoms with Gasteiger partial charge in [0.1, 0.15) is 11.2 Å². The molecule has 7 nitrogen and oxygen atoms in total. The third kappa shape index (κ3) is 2.55. The van der Waals surface area contributed by atoms with Gasteiger partial charge in [-0.25, -0.2) is 0 Å². The highest BCUT2D eigenvalue weighted by atomic mass is 16.5. The first-order valence-corrected chi connectivity index (χ1v) is 11.2. The van der Waals surface area contributed by atoms with Crippen molar-refractivity contribution in [3.8, 4) is 0 Å². The highest BCUT2D eigenvalue weighted by Gasteiger charge is 2.86. The molecule has 0 bridgehead atoms. The summed E-state index contributed by atoms with van der Waals surface area (Å²) in [5.41, 5.74) is -4.52. The summed E-state index contributed by atoms with van der Waals surface area (Å²) in [5, 5.41) is 45.1. The van der Waals surface area contributed by atoms with Crippen molar-refractivity contribution in [2.75, 3.05) is 6.61 Å². The van der Waals surface area contributed by atoms with Crippen molar-refractivity contribution < 1.29 is 34.8 Å². The van der Waals surface area contributed by atoms with E-state index in [1.807, 2.05) is 20.8 Å². The average Bonchev–Trinajstić information content (AvgIpc) is 3.13. The second-order valence-corrected chi connectivity index (χ2v) is 10.6. The fourth-order valence-corrected chi connectivity index (χ4v) is 7.11. The molecule has 3 unspecified atom stereocenters. The maximum absolute atomic E-state index is 12.9. The van der Waals surface area contributed by atoms with Crippen LogP contribution >= 0.6 is 0 Å². The van der Waals surface area contributed by atoms with Crippen LogP contribution in [-0.4, -0.2) is 61.7 Å². The first kappa shape index (κ1) is 22.6. The van der Waals surface area contributed by atoms with Crippen molar-refractivity contribution in [2.45, 2.75) is 76.8 Å². The molecule has 4 rings (SSSR count). The Balaban J connectivity index is 1.88. The van der Waals surface area contributed by atoms with Gasteiger partial charge in [-0.2, -0.15) is 0 Å². The Kier molecular flexibility index (Phi) is 4.92. The molecule has 0 aromatic rings. The molecule has 172 valence electrons. The van der Waals surface area contributed by atoms with E-state index in [0.717, 1.165) is 0 Å². The number of aliphatic hydroxyl groups excluding tert-OH is 2. The molecule has 0 saturated heterocycles. The highest BCUT2D eigenvalue weighted by molar-refractivity contribution is 6.04. The van der Waals surface area contributed by atoms with Crippen molar-refractivity contribution in [3.05, 3.63) is 23.3 Å². The van der Waals surface area contributed by atoms with Crippen LogP contribution in [0.15, 0.2) is 23.3 Å². The summed E-state index contributed by atoms with van der Waals surface area (Å²) in [7, 11) is 0. The van der Waals surface area contributed by atoms with Crippen LogP contribution in [0.5, 0.6) is 0 Å². The summed E-state index contributed by atoms with van der Waals surface area (Å²) in [4.78, 5) is 25.4. The van der Waals surface area contributed by atoms with E-state index in [4.69, 9.17) is 4.74 Å². The molecular weight excluding hydrogens is 399 g/mol. The maximum Gasteiger partial charge on any atom is 0.306 e. The number of Topliss-reactive ketones (excluding diaryl/α,β-unsaturated/α-hetero) is 1. The fourth-order valence-electron chi connectivity index (χ4n) is 7.11. The molecule has 8 atom stereocenters. The average molecular weight is 434 g/mol. The van der Waals surface area contributed by atoms with E-state index in [2.05, 4.69) is 0 Å². The summed E-state index contributed by atoms with van der Waals surface area (Å²) in [6, 6.07) is 0. The summed E-state index contributed by atoms with van der Waals surface area (Å²) in [6.07, 6.45) is 2.95. The lowest BCUT2D eigenvalue weighted by Gasteiger charge is -2.52. The molecule has 7 heteroatoms. The van der Waals surface area contributed by atoms with Crippen LogP contribution in [0.25, 0.3) is 0 Å². The summed E-state index contributed by atoms with van der Waals surface area (Å²) < 4.78 is 5.94. The summed E-state index contributed by atoms with van der Waals surface area (Å²) in [6.45, 7) is 8.62. The van der Waals surface area contributed by atoms with E-state index in [0.29, 0.717) is 17.6 Å². The van der Waals surface area contributed by atoms with E-state index in [-0.39, 0.29) is 19.4 Å². The van der Waals surface area contributed by atoms with Crippen molar-refractivity contribution in [3.63, 3.8) is 0 Å². The standard InChI is InChI=1S/C24H34O7/c1-6-7-17(26)31-24-18(21(24,4)5)15-9-14(11-25)10-22(29)16(8-12(2)19(22)27)23(15,30)13(3)20(24)28/h8-9,13,15-16,18,20,25,28-30H,6-7,10-11H2,1-5H3/t13-,15?,16?,18?,20-,22-,23-,24-/m1/s1/i17-1. The van der Waals surface area contributed by atoms with Crippen LogP contribution in [0.1, 0.15) is 53.9 Å². The molecule has 4 aliphatic carbocycles. The van der Waals surface area contributed by atoms with Gasteiger partial charge in [0.2, 0.25) is 0 Å². The zero-order valence-electron chi connectivity index (χ0n) is 18.9. The minimum atomic E-state index is -1.88. The normalized spacial score (nSPS) is 47.4. The molecule has 4 aliphatic rings. The Bertz CT molecular complexity index is 888. The van der Waals surface area contributed by atoms with Gasteiger partial charge in [0, 0.05) is 41.9 Å². The molecule has 0 heterocycles. The first-order valence-electron chi connectivity index (χ1n) is 11.2. The van der Waals surface area contributed by atoms with Gasteiger partial charge in [-0.3, -0.25) is 9.59 Å². The van der Waals surface area contributed by atoms with E-state index in [1.165, 1.54) is 0 Å². The van der Waals surface area contributed by atoms with E-state index < -0.39 is 63.7 Å². The van der Waals surface area contributed by atoms with Crippen molar-refractivity contribution >= 4 is 11.8 Å². The Morgan fingerprint density at radius 3 is 2.48 bits per heavy atom. The monoisotopic (exact) mass is 433 g/mol. The number of ether oxygens (including phenoxy) is 1. The number of ketones is 1. The van der Waals surface area contributed by atoms with Crippen LogP contribution in [-0.2, 0) is 14.3 Å². The highest BCUT2D eigenvalue weighted by Crippen LogP contribution is 2.76. The number of hydrogen-bond acceptors (Lipinski definition) is 7. The zero-order chi connectivity index (χ0) is 23.1. The number of fused-ring (bicyclic) bond motifs is 5. The second kappa shape index (κ2) is 6.73. The molecule has 31 heavy (non-hydrogen) atoms. The molecule has 0 amide bonds. The fraction of sp³-hybridized carbons (Fsp3) is 0.750. The summed E-state index contributed by atoms with van der Waals surface area (Å²) >= 11 is 0. The second-order valence-electron chi connectivity index (χ2n) is 10.6. The number of aliphatic hydroxyl groups is 4. The third-order valence-electron chi connectivity index (χ3n) is 8.73. The van der Waals surface area contributed by atoms with Gasteiger partial charge >= 0.3 is 5.97 Å². The number of esters is 1. The topological polar surface area (TPSA) is 124 Å². The quantitative estimate of drug-likeness (QED) is 0.389. The van der Waals surface area contributed by atoms with Gasteiger partial charge in [-0.1, -0.05) is 39.8 Å². The Labute approximate surface area is 182 Å². The molecule has 0 aromatic carbocycles.